The highest BCUT2D eigenvalue weighted by atomic mass is 35.5. The van der Waals surface area contributed by atoms with Gasteiger partial charge in [0.15, 0.2) is 0 Å². The fourth-order valence-corrected chi connectivity index (χ4v) is 4.97. The summed E-state index contributed by atoms with van der Waals surface area (Å²) in [7, 11) is 0. The SMILES string of the molecule is Clc1cc2ccnc3c4cccc5c6sccc6n(c(c1)c23)c45. The Kier molecular flexibility index (Phi) is 2.07. The third kappa shape index (κ3) is 1.34. The van der Waals surface area contributed by atoms with Gasteiger partial charge in [0.2, 0.25) is 0 Å². The molecule has 2 nitrogen and oxygen atoms in total. The smallest absolute Gasteiger partial charge is 0.0822 e. The molecule has 0 unspecified atom stereocenters. The Morgan fingerprint density at radius 2 is 1.91 bits per heavy atom. The second-order valence-corrected chi connectivity index (χ2v) is 7.21. The van der Waals surface area contributed by atoms with Crippen LogP contribution in [-0.2, 0) is 0 Å². The van der Waals surface area contributed by atoms with Gasteiger partial charge in [0.05, 0.1) is 26.8 Å². The van der Waals surface area contributed by atoms with Crippen LogP contribution in [0.25, 0.3) is 48.3 Å². The van der Waals surface area contributed by atoms with Crippen LogP contribution in [0.5, 0.6) is 0 Å². The van der Waals surface area contributed by atoms with Crippen LogP contribution in [0.15, 0.2) is 54.0 Å². The summed E-state index contributed by atoms with van der Waals surface area (Å²) >= 11 is 8.19. The first-order valence-electron chi connectivity index (χ1n) is 7.42. The predicted octanol–water partition coefficient (Wildman–Crippen LogP) is 6.10. The summed E-state index contributed by atoms with van der Waals surface area (Å²) in [5, 5.41) is 7.72. The van der Waals surface area contributed by atoms with Gasteiger partial charge in [-0.15, -0.1) is 11.3 Å². The lowest BCUT2D eigenvalue weighted by Gasteiger charge is -2.12. The Morgan fingerprint density at radius 1 is 1.00 bits per heavy atom. The number of aromatic nitrogens is 2. The van der Waals surface area contributed by atoms with Crippen LogP contribution in [0.2, 0.25) is 5.02 Å². The van der Waals surface area contributed by atoms with Gasteiger partial charge in [-0.3, -0.25) is 4.98 Å². The molecule has 0 amide bonds. The van der Waals surface area contributed by atoms with Crippen molar-refractivity contribution in [1.82, 2.24) is 9.38 Å². The number of fused-ring (bicyclic) bond motifs is 5. The zero-order valence-corrected chi connectivity index (χ0v) is 13.4. The highest BCUT2D eigenvalue weighted by molar-refractivity contribution is 7.18. The molecule has 2 aromatic carbocycles. The van der Waals surface area contributed by atoms with Crippen LogP contribution < -0.4 is 0 Å². The monoisotopic (exact) mass is 332 g/mol. The first-order chi connectivity index (χ1) is 11.3. The molecule has 0 bridgehead atoms. The number of hydrogen-bond donors (Lipinski definition) is 0. The van der Waals surface area contributed by atoms with Crippen LogP contribution in [-0.4, -0.2) is 9.38 Å². The van der Waals surface area contributed by atoms with E-state index in [-0.39, 0.29) is 0 Å². The number of halogens is 1. The molecule has 0 radical (unpaired) electrons. The van der Waals surface area contributed by atoms with Gasteiger partial charge in [0, 0.05) is 27.4 Å². The molecule has 0 aliphatic rings. The average Bonchev–Trinajstić information content (AvgIpc) is 3.13. The molecule has 23 heavy (non-hydrogen) atoms. The van der Waals surface area contributed by atoms with Gasteiger partial charge in [0.1, 0.15) is 0 Å². The van der Waals surface area contributed by atoms with E-state index < -0.39 is 0 Å². The largest absolute Gasteiger partial charge is 0.307 e. The lowest BCUT2D eigenvalue weighted by Crippen LogP contribution is -1.93. The van der Waals surface area contributed by atoms with Crippen molar-refractivity contribution < 1.29 is 0 Å². The molecule has 6 aromatic rings. The van der Waals surface area contributed by atoms with Crippen LogP contribution in [0, 0.1) is 0 Å². The summed E-state index contributed by atoms with van der Waals surface area (Å²) in [5.74, 6) is 0. The molecule has 0 spiro atoms. The molecular weight excluding hydrogens is 324 g/mol. The van der Waals surface area contributed by atoms with Gasteiger partial charge in [0.25, 0.3) is 0 Å². The molecular formula is C19H9ClN2S. The number of benzene rings is 2. The van der Waals surface area contributed by atoms with Crippen LogP contribution in [0.1, 0.15) is 0 Å². The molecule has 108 valence electrons. The van der Waals surface area contributed by atoms with Crippen molar-refractivity contribution in [3.05, 3.63) is 59.1 Å². The minimum Gasteiger partial charge on any atom is -0.307 e. The molecule has 0 N–H and O–H groups in total. The first-order valence-corrected chi connectivity index (χ1v) is 8.68. The highest BCUT2D eigenvalue weighted by Crippen LogP contribution is 2.41. The topological polar surface area (TPSA) is 17.3 Å². The van der Waals surface area contributed by atoms with E-state index in [1.165, 1.54) is 31.9 Å². The Bertz CT molecular complexity index is 1380. The van der Waals surface area contributed by atoms with Gasteiger partial charge >= 0.3 is 0 Å². The molecule has 0 aliphatic heterocycles. The molecule has 0 fully saturated rings. The Hall–Kier alpha value is -2.36. The predicted molar refractivity (Wildman–Crippen MR) is 99.3 cm³/mol. The lowest BCUT2D eigenvalue weighted by atomic mass is 10.0. The van der Waals surface area contributed by atoms with Crippen LogP contribution in [0.4, 0.5) is 0 Å². The van der Waals surface area contributed by atoms with Crippen molar-refractivity contribution in [3.63, 3.8) is 0 Å². The third-order valence-electron chi connectivity index (χ3n) is 4.69. The minimum atomic E-state index is 0.759. The molecule has 0 atom stereocenters. The molecule has 4 aromatic heterocycles. The van der Waals surface area contributed by atoms with Crippen LogP contribution >= 0.6 is 22.9 Å². The summed E-state index contributed by atoms with van der Waals surface area (Å²) in [4.78, 5) is 4.69. The van der Waals surface area contributed by atoms with E-state index in [9.17, 15) is 0 Å². The summed E-state index contributed by atoms with van der Waals surface area (Å²) in [5.41, 5.74) is 4.67. The van der Waals surface area contributed by atoms with E-state index in [1.807, 2.05) is 18.3 Å². The molecule has 4 heteroatoms. The second kappa shape index (κ2) is 3.94. The van der Waals surface area contributed by atoms with Gasteiger partial charge in [-0.25, -0.2) is 0 Å². The maximum absolute atomic E-state index is 6.40. The van der Waals surface area contributed by atoms with E-state index in [0.717, 1.165) is 21.4 Å². The molecule has 6 rings (SSSR count). The summed E-state index contributed by atoms with van der Waals surface area (Å²) in [6, 6.07) is 14.8. The third-order valence-corrected chi connectivity index (χ3v) is 5.85. The van der Waals surface area contributed by atoms with Crippen molar-refractivity contribution in [3.8, 4) is 0 Å². The average molecular weight is 333 g/mol. The normalized spacial score (nSPS) is 12.6. The number of para-hydroxylation sites is 1. The van der Waals surface area contributed by atoms with Gasteiger partial charge in [-0.2, -0.15) is 0 Å². The quantitative estimate of drug-likeness (QED) is 0.243. The molecule has 0 saturated carbocycles. The second-order valence-electron chi connectivity index (χ2n) is 5.85. The zero-order valence-electron chi connectivity index (χ0n) is 11.9. The summed E-state index contributed by atoms with van der Waals surface area (Å²) < 4.78 is 3.67. The fourth-order valence-electron chi connectivity index (χ4n) is 3.85. The Morgan fingerprint density at radius 3 is 2.87 bits per heavy atom. The van der Waals surface area contributed by atoms with Crippen molar-refractivity contribution in [2.24, 2.45) is 0 Å². The fraction of sp³-hybridized carbons (Fsp3) is 0. The van der Waals surface area contributed by atoms with Crippen LogP contribution in [0.3, 0.4) is 0 Å². The lowest BCUT2D eigenvalue weighted by molar-refractivity contribution is 1.34. The first kappa shape index (κ1) is 12.1. The maximum atomic E-state index is 6.40. The molecule has 0 aliphatic carbocycles. The van der Waals surface area contributed by atoms with E-state index in [2.05, 4.69) is 40.1 Å². The number of hydrogen-bond acceptors (Lipinski definition) is 2. The molecule has 4 heterocycles. The van der Waals surface area contributed by atoms with Crippen molar-refractivity contribution in [2.75, 3.05) is 0 Å². The molecule has 0 saturated heterocycles. The van der Waals surface area contributed by atoms with E-state index in [4.69, 9.17) is 16.6 Å². The Balaban J connectivity index is 2.16. The summed E-state index contributed by atoms with van der Waals surface area (Å²) in [6.45, 7) is 0. The number of thiophene rings is 1. The van der Waals surface area contributed by atoms with Crippen molar-refractivity contribution in [2.45, 2.75) is 0 Å². The van der Waals surface area contributed by atoms with Crippen molar-refractivity contribution >= 4 is 71.2 Å². The van der Waals surface area contributed by atoms with E-state index in [0.29, 0.717) is 0 Å². The number of nitrogens with zero attached hydrogens (tertiary/aromatic N) is 2. The van der Waals surface area contributed by atoms with E-state index >= 15 is 0 Å². The van der Waals surface area contributed by atoms with Gasteiger partial charge in [-0.1, -0.05) is 29.8 Å². The highest BCUT2D eigenvalue weighted by Gasteiger charge is 2.18. The van der Waals surface area contributed by atoms with Crippen molar-refractivity contribution in [1.29, 1.82) is 0 Å². The standard InChI is InChI=1S/C19H9ClN2S/c20-11-8-10-4-6-21-17-12-2-1-3-13-18(12)22(15(9-11)16(10)17)14-5-7-23-19(13)14/h1-9H. The number of pyridine rings is 2. The minimum absolute atomic E-state index is 0.759. The van der Waals surface area contributed by atoms with Gasteiger partial charge < -0.3 is 4.40 Å². The summed E-state index contributed by atoms with van der Waals surface area (Å²) in [6.07, 6.45) is 1.87. The zero-order chi connectivity index (χ0) is 15.1. The van der Waals surface area contributed by atoms with Gasteiger partial charge in [-0.05, 0) is 35.0 Å². The Labute approximate surface area is 139 Å². The number of rotatable bonds is 0. The van der Waals surface area contributed by atoms with E-state index in [1.54, 1.807) is 11.3 Å². The maximum Gasteiger partial charge on any atom is 0.0822 e.